The van der Waals surface area contributed by atoms with Gasteiger partial charge in [0.15, 0.2) is 5.82 Å². The van der Waals surface area contributed by atoms with E-state index in [1.54, 1.807) is 23.7 Å². The van der Waals surface area contributed by atoms with E-state index in [-0.39, 0.29) is 12.6 Å². The molecule has 0 spiro atoms. The zero-order valence-electron chi connectivity index (χ0n) is 13.6. The Kier molecular flexibility index (Phi) is 4.16. The highest BCUT2D eigenvalue weighted by Gasteiger charge is 2.23. The summed E-state index contributed by atoms with van der Waals surface area (Å²) in [7, 11) is 0. The van der Waals surface area contributed by atoms with Crippen molar-refractivity contribution >= 4 is 27.4 Å². The molecule has 0 amide bonds. The Morgan fingerprint density at radius 1 is 1.33 bits per heavy atom. The first kappa shape index (κ1) is 15.5. The van der Waals surface area contributed by atoms with E-state index in [9.17, 15) is 5.11 Å². The van der Waals surface area contributed by atoms with E-state index in [4.69, 9.17) is 9.97 Å². The number of aliphatic hydroxyl groups is 1. The van der Waals surface area contributed by atoms with Gasteiger partial charge in [0, 0.05) is 22.8 Å². The number of rotatable bonds is 5. The number of hydrogen-bond donors (Lipinski definition) is 2. The van der Waals surface area contributed by atoms with E-state index in [0.717, 1.165) is 40.9 Å². The fourth-order valence-corrected chi connectivity index (χ4v) is 4.46. The van der Waals surface area contributed by atoms with Crippen molar-refractivity contribution in [3.8, 4) is 11.4 Å². The summed E-state index contributed by atoms with van der Waals surface area (Å²) in [5.74, 6) is 1.53. The van der Waals surface area contributed by atoms with E-state index in [1.165, 1.54) is 16.9 Å². The third-order valence-corrected chi connectivity index (χ3v) is 5.72. The molecule has 2 N–H and O–H groups in total. The molecule has 3 heterocycles. The van der Waals surface area contributed by atoms with E-state index in [2.05, 4.69) is 17.2 Å². The molecule has 1 unspecified atom stereocenters. The Hall–Kier alpha value is -2.05. The highest BCUT2D eigenvalue weighted by atomic mass is 32.1. The van der Waals surface area contributed by atoms with Gasteiger partial charge in [-0.15, -0.1) is 11.3 Å². The maximum Gasteiger partial charge on any atom is 0.164 e. The van der Waals surface area contributed by atoms with Crippen LogP contribution < -0.4 is 5.32 Å². The molecule has 24 heavy (non-hydrogen) atoms. The number of anilines is 1. The summed E-state index contributed by atoms with van der Waals surface area (Å²) in [6.07, 6.45) is 7.81. The van der Waals surface area contributed by atoms with Crippen molar-refractivity contribution in [3.63, 3.8) is 0 Å². The number of fused-ring (bicyclic) bond motifs is 3. The molecule has 5 nitrogen and oxygen atoms in total. The molecule has 1 atom stereocenters. The summed E-state index contributed by atoms with van der Waals surface area (Å²) in [4.78, 5) is 16.2. The number of aromatic nitrogens is 3. The number of pyridine rings is 1. The Balaban J connectivity index is 1.88. The van der Waals surface area contributed by atoms with Crippen LogP contribution in [0.4, 0.5) is 5.82 Å². The Bertz CT molecular complexity index is 858. The fraction of sp³-hybridized carbons (Fsp3) is 0.389. The average Bonchev–Trinajstić information content (AvgIpc) is 3.20. The van der Waals surface area contributed by atoms with Crippen LogP contribution in [0.1, 0.15) is 30.2 Å². The molecular formula is C18H20N4OS. The molecule has 0 aliphatic heterocycles. The number of aryl methyl sites for hydroxylation is 2. The topological polar surface area (TPSA) is 70.9 Å². The van der Waals surface area contributed by atoms with E-state index in [1.807, 2.05) is 12.1 Å². The van der Waals surface area contributed by atoms with Crippen molar-refractivity contribution in [3.05, 3.63) is 35.0 Å². The molecule has 3 aromatic heterocycles. The lowest BCUT2D eigenvalue weighted by Gasteiger charge is -2.16. The van der Waals surface area contributed by atoms with Gasteiger partial charge in [-0.25, -0.2) is 9.97 Å². The van der Waals surface area contributed by atoms with Crippen molar-refractivity contribution in [1.82, 2.24) is 15.0 Å². The summed E-state index contributed by atoms with van der Waals surface area (Å²) in [5, 5.41) is 14.2. The highest BCUT2D eigenvalue weighted by molar-refractivity contribution is 7.19. The largest absolute Gasteiger partial charge is 0.394 e. The second-order valence-corrected chi connectivity index (χ2v) is 7.19. The number of nitrogens with zero attached hydrogens (tertiary/aromatic N) is 3. The minimum atomic E-state index is 0.00167. The molecule has 1 aliphatic carbocycles. The molecule has 6 heteroatoms. The van der Waals surface area contributed by atoms with Crippen LogP contribution in [0.5, 0.6) is 0 Å². The van der Waals surface area contributed by atoms with Crippen LogP contribution in [0.3, 0.4) is 0 Å². The van der Waals surface area contributed by atoms with Gasteiger partial charge in [0.2, 0.25) is 0 Å². The van der Waals surface area contributed by atoms with Crippen molar-refractivity contribution in [2.45, 2.75) is 38.6 Å². The van der Waals surface area contributed by atoms with Gasteiger partial charge in [0.05, 0.1) is 18.0 Å². The van der Waals surface area contributed by atoms with Crippen molar-refractivity contribution in [2.75, 3.05) is 11.9 Å². The van der Waals surface area contributed by atoms with Gasteiger partial charge in [-0.05, 0) is 43.4 Å². The summed E-state index contributed by atoms with van der Waals surface area (Å²) in [6.45, 7) is 2.16. The monoisotopic (exact) mass is 340 g/mol. The van der Waals surface area contributed by atoms with Crippen molar-refractivity contribution < 1.29 is 5.11 Å². The lowest BCUT2D eigenvalue weighted by molar-refractivity contribution is 0.271. The van der Waals surface area contributed by atoms with E-state index < -0.39 is 0 Å². The molecule has 0 saturated heterocycles. The van der Waals surface area contributed by atoms with Crippen LogP contribution in [0.2, 0.25) is 0 Å². The van der Waals surface area contributed by atoms with Crippen LogP contribution in [0.25, 0.3) is 21.6 Å². The molecule has 0 radical (unpaired) electrons. The second kappa shape index (κ2) is 6.45. The Morgan fingerprint density at radius 2 is 2.25 bits per heavy atom. The quantitative estimate of drug-likeness (QED) is 0.745. The normalized spacial score (nSPS) is 14.8. The van der Waals surface area contributed by atoms with Gasteiger partial charge in [-0.3, -0.25) is 4.98 Å². The first-order valence-electron chi connectivity index (χ1n) is 8.40. The van der Waals surface area contributed by atoms with Crippen LogP contribution in [-0.4, -0.2) is 32.7 Å². The van der Waals surface area contributed by atoms with Gasteiger partial charge in [-0.1, -0.05) is 6.92 Å². The molecule has 4 rings (SSSR count). The lowest BCUT2D eigenvalue weighted by Crippen LogP contribution is -2.23. The zero-order valence-corrected chi connectivity index (χ0v) is 14.4. The molecule has 0 fully saturated rings. The SMILES string of the molecule is CCC(CO)Nc1nc(-c2cccnc2)nc2sc3c(c12)CCC3. The van der Waals surface area contributed by atoms with Crippen LogP contribution in [-0.2, 0) is 12.8 Å². The van der Waals surface area contributed by atoms with E-state index in [0.29, 0.717) is 5.82 Å². The van der Waals surface area contributed by atoms with Crippen molar-refractivity contribution in [1.29, 1.82) is 0 Å². The predicted octanol–water partition coefficient (Wildman–Crippen LogP) is 3.42. The van der Waals surface area contributed by atoms with E-state index >= 15 is 0 Å². The minimum absolute atomic E-state index is 0.00167. The predicted molar refractivity (Wildman–Crippen MR) is 97.5 cm³/mol. The molecule has 0 saturated carbocycles. The summed E-state index contributed by atoms with van der Waals surface area (Å²) in [6, 6.07) is 3.87. The van der Waals surface area contributed by atoms with Gasteiger partial charge < -0.3 is 10.4 Å². The van der Waals surface area contributed by atoms with Crippen LogP contribution >= 0.6 is 11.3 Å². The first-order chi connectivity index (χ1) is 11.8. The van der Waals surface area contributed by atoms with Gasteiger partial charge in [0.25, 0.3) is 0 Å². The smallest absolute Gasteiger partial charge is 0.164 e. The summed E-state index contributed by atoms with van der Waals surface area (Å²) < 4.78 is 0. The third kappa shape index (κ3) is 2.65. The van der Waals surface area contributed by atoms with Gasteiger partial charge >= 0.3 is 0 Å². The molecule has 124 valence electrons. The van der Waals surface area contributed by atoms with Crippen molar-refractivity contribution in [2.24, 2.45) is 0 Å². The molecule has 1 aliphatic rings. The number of hydrogen-bond acceptors (Lipinski definition) is 6. The van der Waals surface area contributed by atoms with Gasteiger partial charge in [-0.2, -0.15) is 0 Å². The minimum Gasteiger partial charge on any atom is -0.394 e. The number of nitrogens with one attached hydrogen (secondary N) is 1. The highest BCUT2D eigenvalue weighted by Crippen LogP contribution is 2.40. The summed E-state index contributed by atoms with van der Waals surface area (Å²) in [5.41, 5.74) is 2.30. The van der Waals surface area contributed by atoms with Gasteiger partial charge in [0.1, 0.15) is 10.6 Å². The molecular weight excluding hydrogens is 320 g/mol. The maximum atomic E-state index is 9.58. The third-order valence-electron chi connectivity index (χ3n) is 4.54. The molecule has 3 aromatic rings. The number of aliphatic hydroxyl groups excluding tert-OH is 1. The zero-order chi connectivity index (χ0) is 16.5. The van der Waals surface area contributed by atoms with Crippen LogP contribution in [0.15, 0.2) is 24.5 Å². The standard InChI is InChI=1S/C18H20N4OS/c1-2-12(10-23)20-17-15-13-6-3-7-14(13)24-18(15)22-16(21-17)11-5-4-8-19-9-11/h4-5,8-9,12,23H,2-3,6-7,10H2,1H3,(H,20,21,22). The Morgan fingerprint density at radius 3 is 3.00 bits per heavy atom. The second-order valence-electron chi connectivity index (χ2n) is 6.11. The maximum absolute atomic E-state index is 9.58. The lowest BCUT2D eigenvalue weighted by atomic mass is 10.1. The van der Waals surface area contributed by atoms with Crippen LogP contribution in [0, 0.1) is 0 Å². The molecule has 0 bridgehead atoms. The first-order valence-corrected chi connectivity index (χ1v) is 9.22. The number of thiophene rings is 1. The Labute approximate surface area is 144 Å². The fourth-order valence-electron chi connectivity index (χ4n) is 3.19. The molecule has 0 aromatic carbocycles. The summed E-state index contributed by atoms with van der Waals surface area (Å²) >= 11 is 1.78. The average molecular weight is 340 g/mol.